The average Bonchev–Trinajstić information content (AvgIpc) is 2.97. The summed E-state index contributed by atoms with van der Waals surface area (Å²) in [5.41, 5.74) is -0.270. The summed E-state index contributed by atoms with van der Waals surface area (Å²) in [6.07, 6.45) is 1.47. The van der Waals surface area contributed by atoms with Crippen molar-refractivity contribution in [2.75, 3.05) is 33.4 Å². The van der Waals surface area contributed by atoms with Gasteiger partial charge in [0.15, 0.2) is 5.17 Å². The number of nitro groups is 1. The van der Waals surface area contributed by atoms with E-state index in [1.165, 1.54) is 31.0 Å². The van der Waals surface area contributed by atoms with Crippen LogP contribution in [0.4, 0.5) is 5.69 Å². The van der Waals surface area contributed by atoms with Crippen LogP contribution in [-0.4, -0.2) is 54.3 Å². The zero-order valence-electron chi connectivity index (χ0n) is 13.3. The van der Waals surface area contributed by atoms with Crippen molar-refractivity contribution in [1.82, 2.24) is 4.90 Å². The van der Waals surface area contributed by atoms with Gasteiger partial charge >= 0.3 is 0 Å². The van der Waals surface area contributed by atoms with Crippen molar-refractivity contribution in [3.63, 3.8) is 0 Å². The van der Waals surface area contributed by atoms with Crippen molar-refractivity contribution in [2.45, 2.75) is 0 Å². The number of nitrogens with zero attached hydrogens (tertiary/aromatic N) is 3. The third-order valence-electron chi connectivity index (χ3n) is 3.66. The molecule has 0 aromatic heterocycles. The Kier molecular flexibility index (Phi) is 4.91. The second-order valence-corrected chi connectivity index (χ2v) is 6.25. The largest absolute Gasteiger partial charge is 0.865 e. The first-order valence-electron chi connectivity index (χ1n) is 7.38. The average molecular weight is 364 g/mol. The maximum absolute atomic E-state index is 12.1. The van der Waals surface area contributed by atoms with Crippen LogP contribution in [0, 0.1) is 10.1 Å². The van der Waals surface area contributed by atoms with Gasteiger partial charge in [0.1, 0.15) is 5.75 Å². The number of morpholine rings is 1. The fraction of sp³-hybridized carbons (Fsp3) is 0.333. The maximum atomic E-state index is 12.1. The molecule has 2 aliphatic heterocycles. The van der Waals surface area contributed by atoms with Gasteiger partial charge in [0, 0.05) is 24.9 Å². The standard InChI is InChI=1S/C15H15N3O6S/c1-23-11-7-9(6-10(13(11)19)18(21)22)8-12-14(20)16-15(25-12)17-2-4-24-5-3-17/h6-8,19H,2-5H2,1H3/p-1/b12-8-. The van der Waals surface area contributed by atoms with Crippen molar-refractivity contribution in [1.29, 1.82) is 0 Å². The molecule has 2 aliphatic rings. The van der Waals surface area contributed by atoms with E-state index in [-0.39, 0.29) is 5.75 Å². The summed E-state index contributed by atoms with van der Waals surface area (Å²) in [5.74, 6) is -1.37. The summed E-state index contributed by atoms with van der Waals surface area (Å²) in [4.78, 5) is 28.7. The molecule has 10 heteroatoms. The first-order valence-corrected chi connectivity index (χ1v) is 8.20. The van der Waals surface area contributed by atoms with Gasteiger partial charge in [0.25, 0.3) is 11.6 Å². The van der Waals surface area contributed by atoms with Crippen molar-refractivity contribution in [2.24, 2.45) is 4.99 Å². The van der Waals surface area contributed by atoms with Gasteiger partial charge in [-0.05, 0) is 29.5 Å². The summed E-state index contributed by atoms with van der Waals surface area (Å²) in [5, 5.41) is 23.5. The summed E-state index contributed by atoms with van der Waals surface area (Å²) in [6, 6.07) is 2.49. The lowest BCUT2D eigenvalue weighted by molar-refractivity contribution is -0.398. The molecule has 0 bridgehead atoms. The highest BCUT2D eigenvalue weighted by Gasteiger charge is 2.27. The topological polar surface area (TPSA) is 117 Å². The van der Waals surface area contributed by atoms with E-state index in [1.807, 2.05) is 4.90 Å². The van der Waals surface area contributed by atoms with E-state index in [9.17, 15) is 20.0 Å². The molecule has 0 unspecified atom stereocenters. The Balaban J connectivity index is 1.87. The number of carbonyl (C=O) groups is 1. The molecule has 25 heavy (non-hydrogen) atoms. The van der Waals surface area contributed by atoms with Crippen LogP contribution in [-0.2, 0) is 9.53 Å². The van der Waals surface area contributed by atoms with Crippen LogP contribution in [0.3, 0.4) is 0 Å². The third-order valence-corrected chi connectivity index (χ3v) is 4.71. The summed E-state index contributed by atoms with van der Waals surface area (Å²) in [7, 11) is 1.26. The predicted molar refractivity (Wildman–Crippen MR) is 89.5 cm³/mol. The van der Waals surface area contributed by atoms with Crippen LogP contribution in [0.1, 0.15) is 5.56 Å². The van der Waals surface area contributed by atoms with Crippen molar-refractivity contribution >= 4 is 34.6 Å². The second-order valence-electron chi connectivity index (χ2n) is 5.24. The highest BCUT2D eigenvalue weighted by molar-refractivity contribution is 8.18. The van der Waals surface area contributed by atoms with E-state index >= 15 is 0 Å². The molecule has 2 heterocycles. The molecule has 1 saturated heterocycles. The monoisotopic (exact) mass is 364 g/mol. The summed E-state index contributed by atoms with van der Waals surface area (Å²) >= 11 is 1.20. The van der Waals surface area contributed by atoms with Gasteiger partial charge in [-0.2, -0.15) is 4.99 Å². The van der Waals surface area contributed by atoms with Gasteiger partial charge in [-0.1, -0.05) is 0 Å². The number of nitro benzene ring substituents is 1. The Bertz CT molecular complexity index is 786. The highest BCUT2D eigenvalue weighted by atomic mass is 32.2. The molecule has 1 fully saturated rings. The fourth-order valence-electron chi connectivity index (χ4n) is 2.42. The van der Waals surface area contributed by atoms with Gasteiger partial charge in [-0.15, -0.1) is 0 Å². The Morgan fingerprint density at radius 3 is 2.76 bits per heavy atom. The maximum Gasteiger partial charge on any atom is 0.286 e. The number of amides is 1. The Hall–Kier alpha value is -2.59. The normalized spacial score (nSPS) is 19.2. The fourth-order valence-corrected chi connectivity index (χ4v) is 3.38. The van der Waals surface area contributed by atoms with Gasteiger partial charge in [0.05, 0.1) is 30.2 Å². The lowest BCUT2D eigenvalue weighted by atomic mass is 10.1. The van der Waals surface area contributed by atoms with Crippen molar-refractivity contribution in [3.8, 4) is 11.5 Å². The van der Waals surface area contributed by atoms with Gasteiger partial charge in [0.2, 0.25) is 0 Å². The number of aliphatic imine (C=N–C) groups is 1. The number of hydrogen-bond donors (Lipinski definition) is 0. The highest BCUT2D eigenvalue weighted by Crippen LogP contribution is 2.37. The molecule has 0 radical (unpaired) electrons. The number of benzene rings is 1. The Labute approximate surface area is 147 Å². The Morgan fingerprint density at radius 2 is 2.12 bits per heavy atom. The number of rotatable bonds is 3. The molecule has 1 aromatic carbocycles. The molecular formula is C15H14N3O6S-. The van der Waals surface area contributed by atoms with E-state index in [1.54, 1.807) is 0 Å². The minimum absolute atomic E-state index is 0.147. The molecular weight excluding hydrogens is 350 g/mol. The van der Waals surface area contributed by atoms with Crippen LogP contribution >= 0.6 is 11.8 Å². The number of methoxy groups -OCH3 is 1. The minimum Gasteiger partial charge on any atom is -0.865 e. The van der Waals surface area contributed by atoms with E-state index < -0.39 is 22.3 Å². The van der Waals surface area contributed by atoms with Gasteiger partial charge in [-0.3, -0.25) is 14.9 Å². The molecule has 0 saturated carbocycles. The first-order chi connectivity index (χ1) is 12.0. The number of thioether (sulfide) groups is 1. The van der Waals surface area contributed by atoms with Crippen LogP contribution in [0.25, 0.3) is 6.08 Å². The molecule has 1 amide bonds. The molecule has 0 aliphatic carbocycles. The van der Waals surface area contributed by atoms with Crippen LogP contribution in [0.2, 0.25) is 0 Å². The first kappa shape index (κ1) is 17.2. The molecule has 0 spiro atoms. The molecule has 0 atom stereocenters. The quantitative estimate of drug-likeness (QED) is 0.442. The number of amidine groups is 1. The van der Waals surface area contributed by atoms with Crippen LogP contribution in [0.5, 0.6) is 11.5 Å². The third kappa shape index (κ3) is 3.59. The van der Waals surface area contributed by atoms with E-state index in [0.717, 1.165) is 6.07 Å². The summed E-state index contributed by atoms with van der Waals surface area (Å²) < 4.78 is 10.2. The van der Waals surface area contributed by atoms with Crippen LogP contribution < -0.4 is 9.84 Å². The number of carbonyl (C=O) groups excluding carboxylic acids is 1. The lowest BCUT2D eigenvalue weighted by Gasteiger charge is -2.27. The van der Waals surface area contributed by atoms with Crippen LogP contribution in [0.15, 0.2) is 22.0 Å². The second kappa shape index (κ2) is 7.11. The predicted octanol–water partition coefficient (Wildman–Crippen LogP) is 0.979. The van der Waals surface area contributed by atoms with Crippen molar-refractivity contribution in [3.05, 3.63) is 32.7 Å². The van der Waals surface area contributed by atoms with Gasteiger partial charge < -0.3 is 19.5 Å². The van der Waals surface area contributed by atoms with E-state index in [0.29, 0.717) is 41.9 Å². The molecule has 0 N–H and O–H groups in total. The van der Waals surface area contributed by atoms with Crippen molar-refractivity contribution < 1.29 is 24.3 Å². The zero-order chi connectivity index (χ0) is 18.0. The Morgan fingerprint density at radius 1 is 1.40 bits per heavy atom. The number of ether oxygens (including phenoxy) is 2. The minimum atomic E-state index is -0.801. The molecule has 1 aromatic rings. The number of hydrogen-bond acceptors (Lipinski definition) is 8. The SMILES string of the molecule is COc1cc(/C=C2\SC(N3CCOCC3)=NC2=O)cc([N+](=O)[O-])c1[O-]. The van der Waals surface area contributed by atoms with E-state index in [4.69, 9.17) is 9.47 Å². The summed E-state index contributed by atoms with van der Waals surface area (Å²) in [6.45, 7) is 2.44. The lowest BCUT2D eigenvalue weighted by Crippen LogP contribution is -2.38. The zero-order valence-corrected chi connectivity index (χ0v) is 14.1. The molecule has 132 valence electrons. The smallest absolute Gasteiger partial charge is 0.286 e. The molecule has 3 rings (SSSR count). The molecule has 9 nitrogen and oxygen atoms in total. The van der Waals surface area contributed by atoms with E-state index in [2.05, 4.69) is 4.99 Å². The van der Waals surface area contributed by atoms with Gasteiger partial charge in [-0.25, -0.2) is 0 Å².